The SMILES string of the molecule is NC1=CN=Cc2ccccc2S1. The maximum atomic E-state index is 5.66. The van der Waals surface area contributed by atoms with E-state index in [9.17, 15) is 0 Å². The minimum absolute atomic E-state index is 0.733. The van der Waals surface area contributed by atoms with Crippen molar-refractivity contribution in [3.63, 3.8) is 0 Å². The smallest absolute Gasteiger partial charge is 0.0890 e. The first-order chi connectivity index (χ1) is 5.86. The van der Waals surface area contributed by atoms with Gasteiger partial charge in [-0.2, -0.15) is 0 Å². The molecule has 1 aromatic carbocycles. The van der Waals surface area contributed by atoms with Crippen molar-refractivity contribution in [2.75, 3.05) is 0 Å². The Kier molecular flexibility index (Phi) is 1.87. The second-order valence-electron chi connectivity index (χ2n) is 2.45. The van der Waals surface area contributed by atoms with E-state index in [0.717, 1.165) is 15.5 Å². The van der Waals surface area contributed by atoms with Crippen molar-refractivity contribution in [2.24, 2.45) is 10.7 Å². The summed E-state index contributed by atoms with van der Waals surface area (Å²) in [5, 5.41) is 0.733. The van der Waals surface area contributed by atoms with E-state index in [1.54, 1.807) is 18.0 Å². The summed E-state index contributed by atoms with van der Waals surface area (Å²) in [6.45, 7) is 0. The molecule has 60 valence electrons. The van der Waals surface area contributed by atoms with E-state index in [1.165, 1.54) is 0 Å². The molecule has 1 aliphatic heterocycles. The van der Waals surface area contributed by atoms with Crippen molar-refractivity contribution in [3.8, 4) is 0 Å². The molecular weight excluding hydrogens is 168 g/mol. The molecule has 1 aromatic rings. The number of aliphatic imine (C=N–C) groups is 1. The highest BCUT2D eigenvalue weighted by Crippen LogP contribution is 2.27. The molecule has 0 radical (unpaired) electrons. The number of hydrogen-bond acceptors (Lipinski definition) is 3. The maximum absolute atomic E-state index is 5.66. The summed E-state index contributed by atoms with van der Waals surface area (Å²) in [5.74, 6) is 0. The molecule has 12 heavy (non-hydrogen) atoms. The summed E-state index contributed by atoms with van der Waals surface area (Å²) in [6.07, 6.45) is 3.49. The fraction of sp³-hybridized carbons (Fsp3) is 0. The van der Waals surface area contributed by atoms with E-state index in [0.29, 0.717) is 0 Å². The molecule has 0 atom stereocenters. The second-order valence-corrected chi connectivity index (χ2v) is 3.56. The molecule has 0 amide bonds. The lowest BCUT2D eigenvalue weighted by Gasteiger charge is -2.00. The third-order valence-corrected chi connectivity index (χ3v) is 2.50. The Morgan fingerprint density at radius 3 is 3.00 bits per heavy atom. The van der Waals surface area contributed by atoms with Crippen LogP contribution in [0.5, 0.6) is 0 Å². The van der Waals surface area contributed by atoms with Gasteiger partial charge in [0.1, 0.15) is 0 Å². The molecule has 0 spiro atoms. The lowest BCUT2D eigenvalue weighted by atomic mass is 10.2. The van der Waals surface area contributed by atoms with Gasteiger partial charge < -0.3 is 5.73 Å². The molecule has 0 unspecified atom stereocenters. The van der Waals surface area contributed by atoms with Gasteiger partial charge in [0.15, 0.2) is 0 Å². The molecule has 0 aromatic heterocycles. The molecule has 2 rings (SSSR count). The van der Waals surface area contributed by atoms with Gasteiger partial charge in [-0.3, -0.25) is 4.99 Å². The first-order valence-corrected chi connectivity index (χ1v) is 4.43. The first-order valence-electron chi connectivity index (χ1n) is 3.62. The molecule has 0 bridgehead atoms. The third-order valence-electron chi connectivity index (χ3n) is 1.56. The van der Waals surface area contributed by atoms with Crippen LogP contribution in [0.2, 0.25) is 0 Å². The summed E-state index contributed by atoms with van der Waals surface area (Å²) in [4.78, 5) is 5.22. The van der Waals surface area contributed by atoms with Crippen molar-refractivity contribution in [3.05, 3.63) is 41.1 Å². The Balaban J connectivity index is 2.49. The van der Waals surface area contributed by atoms with Gasteiger partial charge in [-0.15, -0.1) is 0 Å². The highest BCUT2D eigenvalue weighted by Gasteiger charge is 2.03. The zero-order chi connectivity index (χ0) is 8.39. The summed E-state index contributed by atoms with van der Waals surface area (Å²) in [7, 11) is 0. The zero-order valence-electron chi connectivity index (χ0n) is 6.40. The van der Waals surface area contributed by atoms with Crippen LogP contribution in [0.3, 0.4) is 0 Å². The number of rotatable bonds is 0. The lowest BCUT2D eigenvalue weighted by Crippen LogP contribution is -1.90. The van der Waals surface area contributed by atoms with Crippen LogP contribution in [-0.2, 0) is 0 Å². The summed E-state index contributed by atoms with van der Waals surface area (Å²) in [6, 6.07) is 8.06. The van der Waals surface area contributed by atoms with Gasteiger partial charge in [0.05, 0.1) is 11.2 Å². The Bertz CT molecular complexity index is 355. The summed E-state index contributed by atoms with van der Waals surface area (Å²) in [5.41, 5.74) is 6.78. The number of thioether (sulfide) groups is 1. The lowest BCUT2D eigenvalue weighted by molar-refractivity contribution is 1.43. The Morgan fingerprint density at radius 1 is 1.25 bits per heavy atom. The van der Waals surface area contributed by atoms with E-state index in [1.807, 2.05) is 30.5 Å². The van der Waals surface area contributed by atoms with Crippen LogP contribution in [0.25, 0.3) is 0 Å². The van der Waals surface area contributed by atoms with E-state index < -0.39 is 0 Å². The average molecular weight is 176 g/mol. The molecular formula is C9H8N2S. The highest BCUT2D eigenvalue weighted by atomic mass is 32.2. The van der Waals surface area contributed by atoms with Crippen LogP contribution in [0, 0.1) is 0 Å². The van der Waals surface area contributed by atoms with Crippen LogP contribution >= 0.6 is 11.8 Å². The average Bonchev–Trinajstić information content (AvgIpc) is 2.25. The fourth-order valence-electron chi connectivity index (χ4n) is 1.02. The highest BCUT2D eigenvalue weighted by molar-refractivity contribution is 8.03. The van der Waals surface area contributed by atoms with Crippen LogP contribution in [0.4, 0.5) is 0 Å². The summed E-state index contributed by atoms with van der Waals surface area (Å²) >= 11 is 1.55. The largest absolute Gasteiger partial charge is 0.392 e. The van der Waals surface area contributed by atoms with Crippen LogP contribution in [0.15, 0.2) is 45.4 Å². The third kappa shape index (κ3) is 1.36. The van der Waals surface area contributed by atoms with Gasteiger partial charge in [0.25, 0.3) is 0 Å². The minimum atomic E-state index is 0.733. The standard InChI is InChI=1S/C9H8N2S/c10-9-6-11-5-7-3-1-2-4-8(7)12-9/h1-6H,10H2. The molecule has 1 heterocycles. The van der Waals surface area contributed by atoms with Crippen molar-refractivity contribution in [1.29, 1.82) is 0 Å². The molecule has 0 saturated heterocycles. The number of benzene rings is 1. The van der Waals surface area contributed by atoms with Crippen LogP contribution < -0.4 is 5.73 Å². The first kappa shape index (κ1) is 7.43. The van der Waals surface area contributed by atoms with E-state index in [-0.39, 0.29) is 0 Å². The molecule has 0 aliphatic carbocycles. The van der Waals surface area contributed by atoms with Gasteiger partial charge in [0, 0.05) is 16.7 Å². The molecule has 0 fully saturated rings. The maximum Gasteiger partial charge on any atom is 0.0890 e. The molecule has 1 aliphatic rings. The summed E-state index contributed by atoms with van der Waals surface area (Å²) < 4.78 is 0. The normalized spacial score (nSPS) is 14.8. The van der Waals surface area contributed by atoms with Gasteiger partial charge in [-0.1, -0.05) is 30.0 Å². The van der Waals surface area contributed by atoms with E-state index in [4.69, 9.17) is 5.73 Å². The fourth-order valence-corrected chi connectivity index (χ4v) is 1.78. The van der Waals surface area contributed by atoms with Crippen molar-refractivity contribution in [2.45, 2.75) is 4.90 Å². The number of fused-ring (bicyclic) bond motifs is 1. The van der Waals surface area contributed by atoms with Gasteiger partial charge >= 0.3 is 0 Å². The Hall–Kier alpha value is -1.22. The van der Waals surface area contributed by atoms with Crippen LogP contribution in [-0.4, -0.2) is 6.21 Å². The van der Waals surface area contributed by atoms with Crippen molar-refractivity contribution in [1.82, 2.24) is 0 Å². The predicted octanol–water partition coefficient (Wildman–Crippen LogP) is 1.97. The number of hydrogen-bond donors (Lipinski definition) is 1. The van der Waals surface area contributed by atoms with Gasteiger partial charge in [-0.05, 0) is 6.07 Å². The van der Waals surface area contributed by atoms with Crippen molar-refractivity contribution >= 4 is 18.0 Å². The molecule has 2 N–H and O–H groups in total. The molecule has 3 heteroatoms. The Labute approximate surface area is 75.2 Å². The van der Waals surface area contributed by atoms with Crippen LogP contribution in [0.1, 0.15) is 5.56 Å². The molecule has 0 saturated carbocycles. The van der Waals surface area contributed by atoms with E-state index in [2.05, 4.69) is 4.99 Å². The monoisotopic (exact) mass is 176 g/mol. The topological polar surface area (TPSA) is 38.4 Å². The quantitative estimate of drug-likeness (QED) is 0.656. The zero-order valence-corrected chi connectivity index (χ0v) is 7.21. The van der Waals surface area contributed by atoms with Gasteiger partial charge in [0.2, 0.25) is 0 Å². The predicted molar refractivity (Wildman–Crippen MR) is 52.2 cm³/mol. The minimum Gasteiger partial charge on any atom is -0.392 e. The van der Waals surface area contributed by atoms with E-state index >= 15 is 0 Å². The Morgan fingerprint density at radius 2 is 2.08 bits per heavy atom. The molecule has 2 nitrogen and oxygen atoms in total. The second kappa shape index (κ2) is 3.03. The van der Waals surface area contributed by atoms with Gasteiger partial charge in [-0.25, -0.2) is 0 Å². The number of nitrogens with zero attached hydrogens (tertiary/aromatic N) is 1. The number of nitrogens with two attached hydrogens (primary N) is 1. The van der Waals surface area contributed by atoms with Crippen molar-refractivity contribution < 1.29 is 0 Å².